The molecule has 0 spiro atoms. The summed E-state index contributed by atoms with van der Waals surface area (Å²) in [6.45, 7) is 4.44. The second-order valence-corrected chi connectivity index (χ2v) is 7.15. The number of hydrogen-bond acceptors (Lipinski definition) is 2. The fraction of sp³-hybridized carbons (Fsp3) is 0.545. The van der Waals surface area contributed by atoms with Crippen LogP contribution in [0.3, 0.4) is 0 Å². The van der Waals surface area contributed by atoms with Gasteiger partial charge in [0.15, 0.2) is 0 Å². The zero-order valence-corrected chi connectivity index (χ0v) is 15.2. The van der Waals surface area contributed by atoms with Crippen molar-refractivity contribution in [1.82, 2.24) is 0 Å². The lowest BCUT2D eigenvalue weighted by Gasteiger charge is -2.08. The lowest BCUT2D eigenvalue weighted by atomic mass is 9.97. The van der Waals surface area contributed by atoms with Crippen molar-refractivity contribution in [3.05, 3.63) is 47.0 Å². The van der Waals surface area contributed by atoms with Crippen molar-refractivity contribution in [2.24, 2.45) is 5.92 Å². The zero-order valence-electron chi connectivity index (χ0n) is 15.2. The molecule has 0 saturated carbocycles. The van der Waals surface area contributed by atoms with Crippen LogP contribution in [0.25, 0.3) is 0 Å². The Morgan fingerprint density at radius 2 is 1.92 bits per heavy atom. The molecule has 0 amide bonds. The number of Topliss-reactive ketones (excluding diaryl/α,β-unsaturated/α-hetero) is 1. The topological polar surface area (TPSA) is 40.9 Å². The molecule has 1 aliphatic carbocycles. The summed E-state index contributed by atoms with van der Waals surface area (Å²) >= 11 is 0. The lowest BCUT2D eigenvalue weighted by molar-refractivity contribution is 0.106. The van der Waals surface area contributed by atoms with Gasteiger partial charge in [-0.25, -0.2) is 0 Å². The highest BCUT2D eigenvalue weighted by molar-refractivity contribution is 6.44. The molecule has 0 heterocycles. The fourth-order valence-corrected chi connectivity index (χ4v) is 3.31. The number of rotatable bonds is 8. The highest BCUT2D eigenvalue weighted by Gasteiger charge is 2.12. The number of aryl methyl sites for hydroxylation is 1. The van der Waals surface area contributed by atoms with Crippen LogP contribution in [-0.4, -0.2) is 11.5 Å². The summed E-state index contributed by atoms with van der Waals surface area (Å²) in [6, 6.07) is 7.68. The van der Waals surface area contributed by atoms with Crippen LogP contribution in [0.1, 0.15) is 81.1 Å². The first kappa shape index (κ1) is 18.6. The molecular formula is C22H31NO. The van der Waals surface area contributed by atoms with Crippen molar-refractivity contribution in [2.75, 3.05) is 0 Å². The van der Waals surface area contributed by atoms with Crippen molar-refractivity contribution in [3.63, 3.8) is 0 Å². The molecule has 0 radical (unpaired) electrons. The first-order valence-electron chi connectivity index (χ1n) is 9.49. The maximum absolute atomic E-state index is 12.3. The predicted octanol–water partition coefficient (Wildman–Crippen LogP) is 6.15. The van der Waals surface area contributed by atoms with E-state index in [0.29, 0.717) is 12.0 Å². The maximum Gasteiger partial charge on any atom is 0.206 e. The van der Waals surface area contributed by atoms with Crippen LogP contribution in [0.5, 0.6) is 0 Å². The van der Waals surface area contributed by atoms with Crippen molar-refractivity contribution < 1.29 is 4.79 Å². The Kier molecular flexibility index (Phi) is 7.42. The largest absolute Gasteiger partial charge is 0.301 e. The van der Waals surface area contributed by atoms with E-state index in [1.165, 1.54) is 31.2 Å². The van der Waals surface area contributed by atoms with Crippen LogP contribution in [0.2, 0.25) is 0 Å². The van der Waals surface area contributed by atoms with Crippen molar-refractivity contribution in [3.8, 4) is 0 Å². The minimum Gasteiger partial charge on any atom is -0.301 e. The molecule has 1 aromatic carbocycles. The number of nitrogens with one attached hydrogen (secondary N) is 1. The van der Waals surface area contributed by atoms with Gasteiger partial charge >= 0.3 is 0 Å². The van der Waals surface area contributed by atoms with Crippen LogP contribution in [0.15, 0.2) is 35.9 Å². The van der Waals surface area contributed by atoms with Gasteiger partial charge in [-0.2, -0.15) is 0 Å². The first-order valence-corrected chi connectivity index (χ1v) is 9.49. The zero-order chi connectivity index (χ0) is 17.4. The third kappa shape index (κ3) is 5.74. The van der Waals surface area contributed by atoms with Crippen LogP contribution in [-0.2, 0) is 6.42 Å². The monoisotopic (exact) mass is 325 g/mol. The van der Waals surface area contributed by atoms with Gasteiger partial charge in [0.05, 0.1) is 5.71 Å². The Morgan fingerprint density at radius 3 is 2.62 bits per heavy atom. The molecule has 0 bridgehead atoms. The molecule has 1 aliphatic rings. The Bertz CT molecular complexity index is 582. The lowest BCUT2D eigenvalue weighted by Crippen LogP contribution is -2.13. The average molecular weight is 325 g/mol. The van der Waals surface area contributed by atoms with Crippen molar-refractivity contribution >= 4 is 11.5 Å². The number of ketones is 1. The van der Waals surface area contributed by atoms with E-state index in [2.05, 4.69) is 19.9 Å². The Morgan fingerprint density at radius 1 is 1.17 bits per heavy atom. The third-order valence-corrected chi connectivity index (χ3v) is 5.12. The summed E-state index contributed by atoms with van der Waals surface area (Å²) in [5.74, 6) is 0.740. The summed E-state index contributed by atoms with van der Waals surface area (Å²) < 4.78 is 0. The number of allylic oxidation sites excluding steroid dienone is 2. The standard InChI is InChI=1S/C22H31NO/c1-3-18-13-15-20(16-14-18)22(24)21(23)10-5-4-8-19-9-6-7-17(2)11-12-19/h9,13-17,23H,3-8,10-12H2,1-2H3. The van der Waals surface area contributed by atoms with Gasteiger partial charge in [0.25, 0.3) is 0 Å². The summed E-state index contributed by atoms with van der Waals surface area (Å²) in [4.78, 5) is 12.3. The fourth-order valence-electron chi connectivity index (χ4n) is 3.31. The third-order valence-electron chi connectivity index (χ3n) is 5.12. The first-order chi connectivity index (χ1) is 11.6. The van der Waals surface area contributed by atoms with Gasteiger partial charge in [0.1, 0.15) is 0 Å². The van der Waals surface area contributed by atoms with Crippen molar-refractivity contribution in [1.29, 1.82) is 5.41 Å². The van der Waals surface area contributed by atoms with Gasteiger partial charge in [-0.15, -0.1) is 0 Å². The number of unbranched alkanes of at least 4 members (excludes halogenated alkanes) is 1. The Hall–Kier alpha value is -1.70. The molecule has 0 aromatic heterocycles. The maximum atomic E-state index is 12.3. The normalized spacial score (nSPS) is 17.9. The van der Waals surface area contributed by atoms with Gasteiger partial charge in [-0.3, -0.25) is 4.79 Å². The van der Waals surface area contributed by atoms with E-state index in [-0.39, 0.29) is 11.5 Å². The smallest absolute Gasteiger partial charge is 0.206 e. The van der Waals surface area contributed by atoms with Gasteiger partial charge in [-0.1, -0.05) is 49.8 Å². The molecule has 24 heavy (non-hydrogen) atoms. The molecule has 0 fully saturated rings. The van der Waals surface area contributed by atoms with E-state index in [9.17, 15) is 4.79 Å². The summed E-state index contributed by atoms with van der Waals surface area (Å²) in [6.07, 6.45) is 12.2. The van der Waals surface area contributed by atoms with Gasteiger partial charge in [-0.05, 0) is 69.3 Å². The van der Waals surface area contributed by atoms with E-state index in [0.717, 1.165) is 31.6 Å². The van der Waals surface area contributed by atoms with Crippen LogP contribution < -0.4 is 0 Å². The van der Waals surface area contributed by atoms with Crippen molar-refractivity contribution in [2.45, 2.75) is 71.6 Å². The molecule has 1 unspecified atom stereocenters. The highest BCUT2D eigenvalue weighted by Crippen LogP contribution is 2.25. The van der Waals surface area contributed by atoms with E-state index < -0.39 is 0 Å². The minimum atomic E-state index is -0.111. The number of carbonyl (C=O) groups excluding carboxylic acids is 1. The molecule has 0 saturated heterocycles. The minimum absolute atomic E-state index is 0.111. The average Bonchev–Trinajstić information content (AvgIpc) is 2.82. The van der Waals surface area contributed by atoms with E-state index in [1.54, 1.807) is 5.57 Å². The van der Waals surface area contributed by atoms with E-state index in [1.807, 2.05) is 24.3 Å². The molecule has 2 heteroatoms. The van der Waals surface area contributed by atoms with Gasteiger partial charge in [0.2, 0.25) is 5.78 Å². The number of benzene rings is 1. The van der Waals surface area contributed by atoms with Gasteiger partial charge < -0.3 is 5.41 Å². The molecule has 0 aliphatic heterocycles. The summed E-state index contributed by atoms with van der Waals surface area (Å²) in [7, 11) is 0. The number of carbonyl (C=O) groups is 1. The van der Waals surface area contributed by atoms with E-state index >= 15 is 0 Å². The van der Waals surface area contributed by atoms with Crippen LogP contribution in [0, 0.1) is 11.3 Å². The molecular weight excluding hydrogens is 294 g/mol. The Labute approximate surface area is 146 Å². The van der Waals surface area contributed by atoms with Crippen LogP contribution >= 0.6 is 0 Å². The number of hydrogen-bond donors (Lipinski definition) is 1. The second kappa shape index (κ2) is 9.56. The molecule has 1 atom stereocenters. The van der Waals surface area contributed by atoms with Gasteiger partial charge in [0, 0.05) is 5.56 Å². The summed E-state index contributed by atoms with van der Waals surface area (Å²) in [5.41, 5.74) is 3.72. The quantitative estimate of drug-likeness (QED) is 0.265. The predicted molar refractivity (Wildman–Crippen MR) is 102 cm³/mol. The van der Waals surface area contributed by atoms with Crippen LogP contribution in [0.4, 0.5) is 0 Å². The second-order valence-electron chi connectivity index (χ2n) is 7.15. The summed E-state index contributed by atoms with van der Waals surface area (Å²) in [5, 5.41) is 8.05. The molecule has 130 valence electrons. The molecule has 2 nitrogen and oxygen atoms in total. The molecule has 1 aromatic rings. The molecule has 1 N–H and O–H groups in total. The molecule has 2 rings (SSSR count). The highest BCUT2D eigenvalue weighted by atomic mass is 16.1. The SMILES string of the molecule is CCc1ccc(C(=O)C(=N)CCCCC2=CCCC(C)CC2)cc1. The van der Waals surface area contributed by atoms with E-state index in [4.69, 9.17) is 5.41 Å². The Balaban J connectivity index is 1.72.